The van der Waals surface area contributed by atoms with Crippen LogP contribution in [0.2, 0.25) is 0 Å². The van der Waals surface area contributed by atoms with E-state index in [1.807, 2.05) is 0 Å². The van der Waals surface area contributed by atoms with Crippen LogP contribution in [-0.4, -0.2) is 26.0 Å². The molecule has 0 saturated carbocycles. The molecule has 0 radical (unpaired) electrons. The van der Waals surface area contributed by atoms with Crippen molar-refractivity contribution in [1.29, 1.82) is 0 Å². The highest BCUT2D eigenvalue weighted by Gasteiger charge is 2.14. The highest BCUT2D eigenvalue weighted by molar-refractivity contribution is 7.92. The number of nitrogens with one attached hydrogen (secondary N) is 3. The molecule has 0 bridgehead atoms. The summed E-state index contributed by atoms with van der Waals surface area (Å²) in [6.45, 7) is 1.34. The lowest BCUT2D eigenvalue weighted by Crippen LogP contribution is -2.22. The van der Waals surface area contributed by atoms with Gasteiger partial charge >= 0.3 is 0 Å². The molecule has 2 aromatic carbocycles. The number of anilines is 3. The van der Waals surface area contributed by atoms with Crippen molar-refractivity contribution in [2.45, 2.75) is 13.3 Å². The number of carbonyl (C=O) groups is 2. The van der Waals surface area contributed by atoms with Gasteiger partial charge in [-0.05, 0) is 42.5 Å². The van der Waals surface area contributed by atoms with Gasteiger partial charge in [-0.1, -0.05) is 6.07 Å². The van der Waals surface area contributed by atoms with Crippen molar-refractivity contribution in [3.05, 3.63) is 54.3 Å². The summed E-state index contributed by atoms with van der Waals surface area (Å²) in [7, 11) is -3.76. The highest BCUT2D eigenvalue weighted by atomic mass is 32.2. The quantitative estimate of drug-likeness (QED) is 0.688. The van der Waals surface area contributed by atoms with Crippen molar-refractivity contribution in [3.63, 3.8) is 0 Å². The molecule has 0 unspecified atom stereocenters. The van der Waals surface area contributed by atoms with Gasteiger partial charge < -0.3 is 10.6 Å². The predicted molar refractivity (Wildman–Crippen MR) is 97.8 cm³/mol. The van der Waals surface area contributed by atoms with Crippen LogP contribution in [-0.2, 0) is 19.6 Å². The van der Waals surface area contributed by atoms with E-state index in [9.17, 15) is 22.4 Å². The Bertz CT molecular complexity index is 898. The van der Waals surface area contributed by atoms with Crippen LogP contribution >= 0.6 is 0 Å². The average Bonchev–Trinajstić information content (AvgIpc) is 2.55. The van der Waals surface area contributed by atoms with Gasteiger partial charge in [0.1, 0.15) is 5.82 Å². The van der Waals surface area contributed by atoms with E-state index in [1.165, 1.54) is 43.3 Å². The number of hydrogen-bond acceptors (Lipinski definition) is 4. The first-order valence-corrected chi connectivity index (χ1v) is 9.32. The molecular formula is C17H18FN3O4S. The monoisotopic (exact) mass is 379 g/mol. The SMILES string of the molecule is CC(=O)Nc1cccc(NS(=O)(=O)CCC(=O)Nc2ccc(F)cc2)c1. The molecule has 0 aliphatic carbocycles. The molecule has 0 heterocycles. The molecule has 138 valence electrons. The second-order valence-corrected chi connectivity index (χ2v) is 7.33. The lowest BCUT2D eigenvalue weighted by molar-refractivity contribution is -0.116. The zero-order chi connectivity index (χ0) is 19.2. The molecule has 2 rings (SSSR count). The van der Waals surface area contributed by atoms with Crippen LogP contribution in [0.15, 0.2) is 48.5 Å². The molecule has 0 aliphatic heterocycles. The van der Waals surface area contributed by atoms with Gasteiger partial charge in [-0.25, -0.2) is 12.8 Å². The van der Waals surface area contributed by atoms with E-state index in [2.05, 4.69) is 15.4 Å². The lowest BCUT2D eigenvalue weighted by atomic mass is 10.3. The van der Waals surface area contributed by atoms with Crippen LogP contribution in [0.5, 0.6) is 0 Å². The van der Waals surface area contributed by atoms with Gasteiger partial charge in [0.25, 0.3) is 0 Å². The first-order chi connectivity index (χ1) is 12.2. The summed E-state index contributed by atoms with van der Waals surface area (Å²) in [6.07, 6.45) is -0.266. The molecule has 26 heavy (non-hydrogen) atoms. The van der Waals surface area contributed by atoms with E-state index in [4.69, 9.17) is 0 Å². The van der Waals surface area contributed by atoms with Crippen LogP contribution in [0.1, 0.15) is 13.3 Å². The third kappa shape index (κ3) is 6.52. The van der Waals surface area contributed by atoms with E-state index in [0.29, 0.717) is 11.4 Å². The number of halogens is 1. The predicted octanol–water partition coefficient (Wildman–Crippen LogP) is 2.55. The number of benzene rings is 2. The Morgan fingerprint density at radius 3 is 2.27 bits per heavy atom. The normalized spacial score (nSPS) is 10.8. The van der Waals surface area contributed by atoms with Crippen LogP contribution in [0, 0.1) is 5.82 Å². The smallest absolute Gasteiger partial charge is 0.233 e. The molecule has 0 aliphatic rings. The van der Waals surface area contributed by atoms with Gasteiger partial charge in [0.2, 0.25) is 21.8 Å². The Kier molecular flexibility index (Phi) is 6.29. The molecule has 0 fully saturated rings. The molecule has 0 atom stereocenters. The largest absolute Gasteiger partial charge is 0.326 e. The fraction of sp³-hybridized carbons (Fsp3) is 0.176. The standard InChI is InChI=1S/C17H18FN3O4S/c1-12(22)19-15-3-2-4-16(11-15)21-26(24,25)10-9-17(23)20-14-7-5-13(18)6-8-14/h2-8,11,21H,9-10H2,1H3,(H,19,22)(H,20,23). The lowest BCUT2D eigenvalue weighted by Gasteiger charge is -2.10. The van der Waals surface area contributed by atoms with Gasteiger partial charge in [0, 0.05) is 24.7 Å². The zero-order valence-electron chi connectivity index (χ0n) is 14.0. The summed E-state index contributed by atoms with van der Waals surface area (Å²) < 4.78 is 39.4. The summed E-state index contributed by atoms with van der Waals surface area (Å²) in [5.41, 5.74) is 1.10. The second kappa shape index (κ2) is 8.43. The number of amides is 2. The third-order valence-electron chi connectivity index (χ3n) is 3.18. The fourth-order valence-corrected chi connectivity index (χ4v) is 3.12. The average molecular weight is 379 g/mol. The van der Waals surface area contributed by atoms with Crippen LogP contribution in [0.3, 0.4) is 0 Å². The van der Waals surface area contributed by atoms with Crippen molar-refractivity contribution < 1.29 is 22.4 Å². The molecule has 3 N–H and O–H groups in total. The van der Waals surface area contributed by atoms with Crippen molar-refractivity contribution >= 4 is 38.9 Å². The maximum atomic E-state index is 12.8. The van der Waals surface area contributed by atoms with E-state index in [-0.39, 0.29) is 18.0 Å². The Hall–Kier alpha value is -2.94. The highest BCUT2D eigenvalue weighted by Crippen LogP contribution is 2.17. The van der Waals surface area contributed by atoms with E-state index >= 15 is 0 Å². The van der Waals surface area contributed by atoms with Gasteiger partial charge in [0.15, 0.2) is 0 Å². The van der Waals surface area contributed by atoms with Crippen molar-refractivity contribution in [2.24, 2.45) is 0 Å². The summed E-state index contributed by atoms with van der Waals surface area (Å²) in [6, 6.07) is 11.4. The number of sulfonamides is 1. The Balaban J connectivity index is 1.91. The maximum absolute atomic E-state index is 12.8. The zero-order valence-corrected chi connectivity index (χ0v) is 14.8. The minimum Gasteiger partial charge on any atom is -0.326 e. The molecule has 9 heteroatoms. The molecular weight excluding hydrogens is 361 g/mol. The van der Waals surface area contributed by atoms with Gasteiger partial charge in [-0.3, -0.25) is 14.3 Å². The van der Waals surface area contributed by atoms with Crippen molar-refractivity contribution in [3.8, 4) is 0 Å². The topological polar surface area (TPSA) is 104 Å². The van der Waals surface area contributed by atoms with Crippen LogP contribution in [0.4, 0.5) is 21.5 Å². The number of hydrogen-bond donors (Lipinski definition) is 3. The number of carbonyl (C=O) groups excluding carboxylic acids is 2. The van der Waals surface area contributed by atoms with E-state index in [1.54, 1.807) is 12.1 Å². The molecule has 0 spiro atoms. The minimum atomic E-state index is -3.76. The Labute approximate surface area is 150 Å². The third-order valence-corrected chi connectivity index (χ3v) is 4.47. The van der Waals surface area contributed by atoms with E-state index < -0.39 is 27.5 Å². The molecule has 2 amide bonds. The summed E-state index contributed by atoms with van der Waals surface area (Å²) in [4.78, 5) is 22.9. The van der Waals surface area contributed by atoms with Crippen LogP contribution in [0.25, 0.3) is 0 Å². The summed E-state index contributed by atoms with van der Waals surface area (Å²) in [5, 5.41) is 5.04. The number of rotatable bonds is 7. The maximum Gasteiger partial charge on any atom is 0.233 e. The first-order valence-electron chi connectivity index (χ1n) is 7.67. The van der Waals surface area contributed by atoms with Crippen LogP contribution < -0.4 is 15.4 Å². The van der Waals surface area contributed by atoms with Gasteiger partial charge in [-0.2, -0.15) is 0 Å². The van der Waals surface area contributed by atoms with E-state index in [0.717, 1.165) is 0 Å². The summed E-state index contributed by atoms with van der Waals surface area (Å²) >= 11 is 0. The van der Waals surface area contributed by atoms with Gasteiger partial charge in [-0.15, -0.1) is 0 Å². The Morgan fingerprint density at radius 1 is 0.962 bits per heavy atom. The minimum absolute atomic E-state index is 0.266. The van der Waals surface area contributed by atoms with Gasteiger partial charge in [0.05, 0.1) is 11.4 Å². The van der Waals surface area contributed by atoms with Crippen molar-refractivity contribution in [1.82, 2.24) is 0 Å². The molecule has 7 nitrogen and oxygen atoms in total. The molecule has 2 aromatic rings. The Morgan fingerprint density at radius 2 is 1.62 bits per heavy atom. The molecule has 0 saturated heterocycles. The van der Waals surface area contributed by atoms with Crippen molar-refractivity contribution in [2.75, 3.05) is 21.1 Å². The summed E-state index contributed by atoms with van der Waals surface area (Å²) in [5.74, 6) is -1.64. The first kappa shape index (κ1) is 19.4. The second-order valence-electron chi connectivity index (χ2n) is 5.49. The molecule has 0 aromatic heterocycles. The fourth-order valence-electron chi connectivity index (χ4n) is 2.08.